The first-order valence-corrected chi connectivity index (χ1v) is 7.49. The maximum absolute atomic E-state index is 13.4. The molecule has 0 aromatic heterocycles. The highest BCUT2D eigenvalue weighted by Crippen LogP contribution is 2.15. The molecule has 5 heteroatoms. The molecule has 1 saturated heterocycles. The predicted molar refractivity (Wildman–Crippen MR) is 80.0 cm³/mol. The molecule has 4 nitrogen and oxygen atoms in total. The Kier molecular flexibility index (Phi) is 5.31. The van der Waals surface area contributed by atoms with Gasteiger partial charge < -0.3 is 5.11 Å². The van der Waals surface area contributed by atoms with E-state index in [1.807, 2.05) is 0 Å². The molecule has 0 bridgehead atoms. The van der Waals surface area contributed by atoms with Gasteiger partial charge in [0.2, 0.25) is 0 Å². The highest BCUT2D eigenvalue weighted by atomic mass is 19.1. The predicted octanol–water partition coefficient (Wildman–Crippen LogP) is 2.44. The number of carboxylic acid groups (broad SMARTS) is 1. The third kappa shape index (κ3) is 4.02. The molecule has 1 aliphatic rings. The van der Waals surface area contributed by atoms with Crippen LogP contribution in [0.15, 0.2) is 18.2 Å². The van der Waals surface area contributed by atoms with Crippen LogP contribution in [0.1, 0.15) is 36.2 Å². The van der Waals surface area contributed by atoms with Gasteiger partial charge in [0.15, 0.2) is 0 Å². The van der Waals surface area contributed by atoms with Crippen molar-refractivity contribution < 1.29 is 14.3 Å². The van der Waals surface area contributed by atoms with Crippen LogP contribution in [0, 0.1) is 5.82 Å². The second-order valence-electron chi connectivity index (χ2n) is 5.69. The van der Waals surface area contributed by atoms with Crippen LogP contribution in [0.4, 0.5) is 4.39 Å². The van der Waals surface area contributed by atoms with Gasteiger partial charge in [0, 0.05) is 38.8 Å². The topological polar surface area (TPSA) is 43.8 Å². The second kappa shape index (κ2) is 7.00. The largest absolute Gasteiger partial charge is 0.478 e. The van der Waals surface area contributed by atoms with E-state index < -0.39 is 11.8 Å². The van der Waals surface area contributed by atoms with Crippen LogP contribution in [-0.2, 0) is 6.54 Å². The normalized spacial score (nSPS) is 18.6. The van der Waals surface area contributed by atoms with E-state index in [9.17, 15) is 9.18 Å². The summed E-state index contributed by atoms with van der Waals surface area (Å²) in [5.74, 6) is -1.89. The summed E-state index contributed by atoms with van der Waals surface area (Å²) in [6.45, 7) is 9.10. The van der Waals surface area contributed by atoms with Gasteiger partial charge in [0.05, 0.1) is 5.56 Å². The Morgan fingerprint density at radius 2 is 2.00 bits per heavy atom. The van der Waals surface area contributed by atoms with Crippen molar-refractivity contribution in [1.82, 2.24) is 9.80 Å². The smallest absolute Gasteiger partial charge is 0.338 e. The van der Waals surface area contributed by atoms with Gasteiger partial charge in [-0.2, -0.15) is 0 Å². The Morgan fingerprint density at radius 1 is 1.33 bits per heavy atom. The molecule has 1 aliphatic heterocycles. The number of carbonyl (C=O) groups is 1. The van der Waals surface area contributed by atoms with Gasteiger partial charge in [-0.3, -0.25) is 9.80 Å². The fraction of sp³-hybridized carbons (Fsp3) is 0.562. The Morgan fingerprint density at radius 3 is 2.57 bits per heavy atom. The molecule has 116 valence electrons. The quantitative estimate of drug-likeness (QED) is 0.906. The van der Waals surface area contributed by atoms with Crippen molar-refractivity contribution >= 4 is 5.97 Å². The van der Waals surface area contributed by atoms with Crippen LogP contribution >= 0.6 is 0 Å². The fourth-order valence-electron chi connectivity index (χ4n) is 2.71. The van der Waals surface area contributed by atoms with E-state index >= 15 is 0 Å². The van der Waals surface area contributed by atoms with E-state index in [0.29, 0.717) is 12.6 Å². The van der Waals surface area contributed by atoms with Crippen molar-refractivity contribution in [3.63, 3.8) is 0 Å². The zero-order valence-electron chi connectivity index (χ0n) is 12.7. The second-order valence-corrected chi connectivity index (χ2v) is 5.69. The first-order valence-electron chi connectivity index (χ1n) is 7.49. The summed E-state index contributed by atoms with van der Waals surface area (Å²) in [4.78, 5) is 15.7. The third-order valence-electron chi connectivity index (χ3n) is 4.29. The summed E-state index contributed by atoms with van der Waals surface area (Å²) in [6.07, 6.45) is 1.15. The number of carboxylic acids is 1. The highest BCUT2D eigenvalue weighted by Gasteiger charge is 2.20. The fourth-order valence-corrected chi connectivity index (χ4v) is 2.71. The molecule has 0 amide bonds. The van der Waals surface area contributed by atoms with Gasteiger partial charge in [-0.1, -0.05) is 13.0 Å². The lowest BCUT2D eigenvalue weighted by Gasteiger charge is -2.37. The third-order valence-corrected chi connectivity index (χ3v) is 4.29. The van der Waals surface area contributed by atoms with Gasteiger partial charge in [-0.15, -0.1) is 0 Å². The van der Waals surface area contributed by atoms with E-state index in [0.717, 1.165) is 38.2 Å². The van der Waals surface area contributed by atoms with Crippen LogP contribution in [0.2, 0.25) is 0 Å². The molecular formula is C16H23FN2O2. The lowest BCUT2D eigenvalue weighted by atomic mass is 10.1. The average molecular weight is 294 g/mol. The van der Waals surface area contributed by atoms with E-state index in [2.05, 4.69) is 23.6 Å². The first kappa shape index (κ1) is 15.9. The van der Waals surface area contributed by atoms with Gasteiger partial charge >= 0.3 is 5.97 Å². The molecule has 1 unspecified atom stereocenters. The van der Waals surface area contributed by atoms with Crippen LogP contribution in [0.3, 0.4) is 0 Å². The number of aromatic carboxylic acids is 1. The van der Waals surface area contributed by atoms with Gasteiger partial charge in [-0.25, -0.2) is 9.18 Å². The van der Waals surface area contributed by atoms with Crippen LogP contribution in [0.25, 0.3) is 0 Å². The number of benzene rings is 1. The van der Waals surface area contributed by atoms with Crippen molar-refractivity contribution in [3.05, 3.63) is 35.1 Å². The molecule has 0 saturated carbocycles. The molecule has 1 aromatic carbocycles. The number of piperazine rings is 1. The van der Waals surface area contributed by atoms with Crippen molar-refractivity contribution in [1.29, 1.82) is 0 Å². The summed E-state index contributed by atoms with van der Waals surface area (Å²) in [5.41, 5.74) is 0.608. The SMILES string of the molecule is CCC(C)N1CCN(Cc2ccc(F)c(C(=O)O)c2)CC1. The van der Waals surface area contributed by atoms with E-state index in [1.54, 1.807) is 6.07 Å². The summed E-state index contributed by atoms with van der Waals surface area (Å²) in [6, 6.07) is 4.96. The minimum Gasteiger partial charge on any atom is -0.478 e. The van der Waals surface area contributed by atoms with E-state index in [-0.39, 0.29) is 5.56 Å². The van der Waals surface area contributed by atoms with Crippen molar-refractivity contribution in [3.8, 4) is 0 Å². The lowest BCUT2D eigenvalue weighted by Crippen LogP contribution is -2.49. The number of hydrogen-bond donors (Lipinski definition) is 1. The maximum atomic E-state index is 13.4. The van der Waals surface area contributed by atoms with Crippen LogP contribution in [-0.4, -0.2) is 53.1 Å². The highest BCUT2D eigenvalue weighted by molar-refractivity contribution is 5.88. The number of nitrogens with zero attached hydrogens (tertiary/aromatic N) is 2. The molecule has 0 radical (unpaired) electrons. The average Bonchev–Trinajstić information content (AvgIpc) is 2.49. The van der Waals surface area contributed by atoms with E-state index in [4.69, 9.17) is 5.11 Å². The maximum Gasteiger partial charge on any atom is 0.338 e. The first-order chi connectivity index (χ1) is 10.0. The van der Waals surface area contributed by atoms with Crippen molar-refractivity contribution in [2.24, 2.45) is 0 Å². The van der Waals surface area contributed by atoms with Gasteiger partial charge in [-0.05, 0) is 31.0 Å². The minimum atomic E-state index is -1.21. The molecule has 1 atom stereocenters. The van der Waals surface area contributed by atoms with E-state index in [1.165, 1.54) is 12.1 Å². The molecule has 21 heavy (non-hydrogen) atoms. The molecule has 1 aromatic rings. The molecule has 1 heterocycles. The summed E-state index contributed by atoms with van der Waals surface area (Å²) < 4.78 is 13.4. The van der Waals surface area contributed by atoms with Gasteiger partial charge in [0.25, 0.3) is 0 Å². The molecule has 2 rings (SSSR count). The lowest BCUT2D eigenvalue weighted by molar-refractivity contribution is 0.0691. The number of hydrogen-bond acceptors (Lipinski definition) is 3. The number of rotatable bonds is 5. The molecular weight excluding hydrogens is 271 g/mol. The Bertz CT molecular complexity index is 499. The zero-order valence-corrected chi connectivity index (χ0v) is 12.7. The monoisotopic (exact) mass is 294 g/mol. The molecule has 0 spiro atoms. The van der Waals surface area contributed by atoms with Crippen LogP contribution < -0.4 is 0 Å². The molecule has 1 fully saturated rings. The standard InChI is InChI=1S/C16H23FN2O2/c1-3-12(2)19-8-6-18(7-9-19)11-13-4-5-15(17)14(10-13)16(20)21/h4-5,10,12H,3,6-9,11H2,1-2H3,(H,20,21). The van der Waals surface area contributed by atoms with Gasteiger partial charge in [0.1, 0.15) is 5.82 Å². The summed E-state index contributed by atoms with van der Waals surface area (Å²) in [7, 11) is 0. The summed E-state index contributed by atoms with van der Waals surface area (Å²) >= 11 is 0. The van der Waals surface area contributed by atoms with Crippen molar-refractivity contribution in [2.45, 2.75) is 32.9 Å². The molecule has 1 N–H and O–H groups in total. The molecule has 0 aliphatic carbocycles. The Hall–Kier alpha value is -1.46. The Balaban J connectivity index is 1.95. The van der Waals surface area contributed by atoms with Crippen LogP contribution in [0.5, 0.6) is 0 Å². The Labute approximate surface area is 125 Å². The van der Waals surface area contributed by atoms with Crippen molar-refractivity contribution in [2.75, 3.05) is 26.2 Å². The summed E-state index contributed by atoms with van der Waals surface area (Å²) in [5, 5.41) is 8.96. The minimum absolute atomic E-state index is 0.245. The number of halogens is 1. The zero-order chi connectivity index (χ0) is 15.4.